The van der Waals surface area contributed by atoms with E-state index in [0.29, 0.717) is 15.4 Å². The zero-order chi connectivity index (χ0) is 10.6. The number of allylic oxidation sites excluding steroid dienone is 8. The van der Waals surface area contributed by atoms with Crippen LogP contribution < -0.4 is 24.8 Å². The summed E-state index contributed by atoms with van der Waals surface area (Å²) in [7, 11) is 0. The second-order valence-electron chi connectivity index (χ2n) is 3.05. The Morgan fingerprint density at radius 1 is 1.12 bits per heavy atom. The van der Waals surface area contributed by atoms with E-state index < -0.39 is 0 Å². The van der Waals surface area contributed by atoms with Gasteiger partial charge >= 0.3 is 53.1 Å². The molecule has 0 aromatic carbocycles. The van der Waals surface area contributed by atoms with Gasteiger partial charge in [0.1, 0.15) is 0 Å². The van der Waals surface area contributed by atoms with Gasteiger partial charge in [-0.3, -0.25) is 12.2 Å². The first-order valence-electron chi connectivity index (χ1n) is 5.01. The third-order valence-electron chi connectivity index (χ3n) is 1.45. The van der Waals surface area contributed by atoms with Gasteiger partial charge in [-0.15, -0.1) is 12.8 Å². The van der Waals surface area contributed by atoms with E-state index in [9.17, 15) is 0 Å². The number of hydrogen-bond donors (Lipinski definition) is 0. The van der Waals surface area contributed by atoms with E-state index in [0.717, 1.165) is 12.8 Å². The predicted octanol–water partition coefficient (Wildman–Crippen LogP) is -2.47. The molecule has 0 nitrogen and oxygen atoms in total. The maximum atomic E-state index is 3.12. The van der Waals surface area contributed by atoms with Gasteiger partial charge in [0.25, 0.3) is 0 Å². The van der Waals surface area contributed by atoms with Crippen molar-refractivity contribution >= 4 is 15.4 Å². The van der Waals surface area contributed by atoms with Crippen LogP contribution in [0.2, 0.25) is 11.5 Å². The van der Waals surface area contributed by atoms with E-state index in [-0.39, 0.29) is 51.0 Å². The number of hydrogen-bond acceptors (Lipinski definition) is 0. The van der Waals surface area contributed by atoms with Crippen LogP contribution in [0.4, 0.5) is 0 Å². The fourth-order valence-corrected chi connectivity index (χ4v) is 0.855. The monoisotopic (exact) mass is 409 g/mol. The van der Waals surface area contributed by atoms with Gasteiger partial charge in [0.05, 0.1) is 0 Å². The summed E-state index contributed by atoms with van der Waals surface area (Å²) in [5, 5.41) is 0. The zero-order valence-corrected chi connectivity index (χ0v) is 17.0. The van der Waals surface area contributed by atoms with Crippen LogP contribution in [0.25, 0.3) is 0 Å². The molecule has 0 spiro atoms. The number of rotatable bonds is 0. The molecule has 0 atom stereocenters. The van der Waals surface area contributed by atoms with Crippen LogP contribution in [0.1, 0.15) is 19.8 Å². The van der Waals surface area contributed by atoms with Crippen molar-refractivity contribution in [1.29, 1.82) is 0 Å². The fraction of sp³-hybridized carbons (Fsp3) is 0.385. The number of halogens is 2. The molecular weight excluding hydrogens is 391 g/mol. The second-order valence-corrected chi connectivity index (χ2v) is 5.47. The molecule has 0 bridgehead atoms. The fourth-order valence-electron chi connectivity index (χ4n) is 0.855. The first-order valence-corrected chi connectivity index (χ1v) is 9.85. The Morgan fingerprint density at radius 3 is 1.82 bits per heavy atom. The molecule has 2 aliphatic rings. The van der Waals surface area contributed by atoms with E-state index in [1.165, 1.54) is 5.57 Å². The zero-order valence-electron chi connectivity index (χ0n) is 10.6. The quantitative estimate of drug-likeness (QED) is 0.307. The molecule has 0 N–H and O–H groups in total. The summed E-state index contributed by atoms with van der Waals surface area (Å²) >= 11 is 0.312. The SMILES string of the molecule is CC1=[C-]CC=C1.[C-]1=CC=CC1.[CH3][GeH][CH3].[Cl-].[Cl-].[Zr+4]. The van der Waals surface area contributed by atoms with Crippen molar-refractivity contribution in [3.05, 3.63) is 48.1 Å². The normalized spacial score (nSPS) is 12.8. The van der Waals surface area contributed by atoms with E-state index in [1.807, 2.05) is 12.2 Å². The van der Waals surface area contributed by atoms with Crippen molar-refractivity contribution in [2.75, 3.05) is 0 Å². The van der Waals surface area contributed by atoms with Gasteiger partial charge in [0.2, 0.25) is 0 Å². The summed E-state index contributed by atoms with van der Waals surface area (Å²) in [6.45, 7) is 2.06. The minimum atomic E-state index is 0. The molecule has 0 aromatic rings. The topological polar surface area (TPSA) is 0 Å². The van der Waals surface area contributed by atoms with Gasteiger partial charge < -0.3 is 24.8 Å². The van der Waals surface area contributed by atoms with Gasteiger partial charge in [-0.25, -0.2) is 23.8 Å². The molecular formula is C13H19Cl2GeZr. The maximum Gasteiger partial charge on any atom is 4.00 e. The molecule has 2 rings (SSSR count). The van der Waals surface area contributed by atoms with E-state index >= 15 is 0 Å². The standard InChI is InChI=1S/C6H7.C5H5.C2H7Ge.2ClH.Zr/c1-6-4-2-3-5-6;1-2-4-5-3-1;1-3-2;;;/h2,4H,3H2,1H3;1-3H,4H2;3H,1-2H3;2*1H;/q2*-1;;;;+4/p-2. The molecule has 0 amide bonds. The van der Waals surface area contributed by atoms with Crippen molar-refractivity contribution in [3.63, 3.8) is 0 Å². The van der Waals surface area contributed by atoms with Crippen LogP contribution in [0, 0.1) is 12.2 Å². The molecule has 0 heterocycles. The molecule has 0 aliphatic heterocycles. The van der Waals surface area contributed by atoms with E-state index in [4.69, 9.17) is 0 Å². The summed E-state index contributed by atoms with van der Waals surface area (Å²) < 4.78 is 0. The minimum Gasteiger partial charge on any atom is -1.00 e. The Hall–Kier alpha value is 0.966. The van der Waals surface area contributed by atoms with Crippen LogP contribution in [-0.4, -0.2) is 15.4 Å². The third-order valence-corrected chi connectivity index (χ3v) is 1.45. The van der Waals surface area contributed by atoms with Crippen LogP contribution in [0.5, 0.6) is 0 Å². The predicted molar refractivity (Wildman–Crippen MR) is 66.6 cm³/mol. The van der Waals surface area contributed by atoms with Gasteiger partial charge in [-0.05, 0) is 0 Å². The van der Waals surface area contributed by atoms with Crippen LogP contribution in [0.15, 0.2) is 36.0 Å². The Kier molecular flexibility index (Phi) is 34.6. The summed E-state index contributed by atoms with van der Waals surface area (Å²) in [5.74, 6) is 4.56. The van der Waals surface area contributed by atoms with Crippen molar-refractivity contribution in [2.45, 2.75) is 31.3 Å². The second kappa shape index (κ2) is 22.2. The van der Waals surface area contributed by atoms with Gasteiger partial charge in [0.15, 0.2) is 0 Å². The molecule has 2 aliphatic carbocycles. The van der Waals surface area contributed by atoms with Gasteiger partial charge in [0, 0.05) is 0 Å². The molecule has 4 heteroatoms. The van der Waals surface area contributed by atoms with Crippen molar-refractivity contribution in [2.24, 2.45) is 0 Å². The Morgan fingerprint density at radius 2 is 1.71 bits per heavy atom. The van der Waals surface area contributed by atoms with Crippen LogP contribution in [0.3, 0.4) is 0 Å². The molecule has 93 valence electrons. The smallest absolute Gasteiger partial charge is 1.00 e. The molecule has 0 saturated heterocycles. The summed E-state index contributed by atoms with van der Waals surface area (Å²) in [6, 6.07) is 0. The molecule has 0 unspecified atom stereocenters. The van der Waals surface area contributed by atoms with Gasteiger partial charge in [-0.1, -0.05) is 6.92 Å². The van der Waals surface area contributed by atoms with Crippen molar-refractivity contribution in [1.82, 2.24) is 0 Å². The first kappa shape index (κ1) is 26.5. The van der Waals surface area contributed by atoms with Crippen LogP contribution in [-0.2, 0) is 26.2 Å². The average molecular weight is 410 g/mol. The van der Waals surface area contributed by atoms with E-state index in [1.54, 1.807) is 0 Å². The molecule has 0 fully saturated rings. The minimum absolute atomic E-state index is 0. The Bertz CT molecular complexity index is 233. The summed E-state index contributed by atoms with van der Waals surface area (Å²) in [5.41, 5.74) is 1.27. The molecule has 0 aromatic heterocycles. The van der Waals surface area contributed by atoms with Crippen molar-refractivity contribution in [3.8, 4) is 0 Å². The molecule has 17 heavy (non-hydrogen) atoms. The first-order chi connectivity index (χ1) is 6.81. The Labute approximate surface area is 145 Å². The third kappa shape index (κ3) is 22.6. The largest absolute Gasteiger partial charge is 4.00 e. The average Bonchev–Trinajstić information content (AvgIpc) is 2.78. The summed E-state index contributed by atoms with van der Waals surface area (Å²) in [6.07, 6.45) is 18.3. The maximum absolute atomic E-state index is 3.12. The molecule has 0 saturated carbocycles. The summed E-state index contributed by atoms with van der Waals surface area (Å²) in [4.78, 5) is 0. The van der Waals surface area contributed by atoms with Crippen LogP contribution >= 0.6 is 0 Å². The van der Waals surface area contributed by atoms with E-state index in [2.05, 4.69) is 48.8 Å². The molecule has 1 radical (unpaired) electrons. The van der Waals surface area contributed by atoms with Gasteiger partial charge in [-0.2, -0.15) is 12.2 Å². The van der Waals surface area contributed by atoms with Crippen molar-refractivity contribution < 1.29 is 51.0 Å². The Balaban J connectivity index is -0.0000000718.